The summed E-state index contributed by atoms with van der Waals surface area (Å²) < 4.78 is 6.03. The summed E-state index contributed by atoms with van der Waals surface area (Å²) in [5.41, 5.74) is 0. The highest BCUT2D eigenvalue weighted by Crippen LogP contribution is 2.21. The Kier molecular flexibility index (Phi) is 7.87. The smallest absolute Gasteiger partial charge is 0.0728 e. The zero-order chi connectivity index (χ0) is 11.6. The Morgan fingerprint density at radius 2 is 1.88 bits per heavy atom. The van der Waals surface area contributed by atoms with Gasteiger partial charge in [0.2, 0.25) is 0 Å². The van der Waals surface area contributed by atoms with Gasteiger partial charge < -0.3 is 10.1 Å². The van der Waals surface area contributed by atoms with Crippen LogP contribution in [0.4, 0.5) is 0 Å². The lowest BCUT2D eigenvalue weighted by atomic mass is 9.92. The molecule has 0 spiro atoms. The average Bonchev–Trinajstić information content (AvgIpc) is 2.31. The van der Waals surface area contributed by atoms with Crippen molar-refractivity contribution >= 4 is 0 Å². The second-order valence-electron chi connectivity index (χ2n) is 4.92. The second kappa shape index (κ2) is 9.00. The van der Waals surface area contributed by atoms with Crippen molar-refractivity contribution < 1.29 is 4.74 Å². The van der Waals surface area contributed by atoms with Gasteiger partial charge in [-0.3, -0.25) is 0 Å². The van der Waals surface area contributed by atoms with Gasteiger partial charge in [-0.15, -0.1) is 0 Å². The van der Waals surface area contributed by atoms with Crippen molar-refractivity contribution in [2.75, 3.05) is 13.2 Å². The van der Waals surface area contributed by atoms with Crippen molar-refractivity contribution in [3.05, 3.63) is 0 Å². The fourth-order valence-corrected chi connectivity index (χ4v) is 2.56. The summed E-state index contributed by atoms with van der Waals surface area (Å²) in [6.07, 6.45) is 11.0. The van der Waals surface area contributed by atoms with Crippen LogP contribution in [0.15, 0.2) is 0 Å². The Bertz CT molecular complexity index is 159. The van der Waals surface area contributed by atoms with Crippen LogP contribution in [0, 0.1) is 0 Å². The van der Waals surface area contributed by atoms with Crippen LogP contribution in [0.2, 0.25) is 0 Å². The van der Waals surface area contributed by atoms with E-state index in [1.807, 2.05) is 0 Å². The Balaban J connectivity index is 2.11. The predicted molar refractivity (Wildman–Crippen MR) is 69.8 cm³/mol. The molecule has 2 unspecified atom stereocenters. The third-order valence-corrected chi connectivity index (χ3v) is 3.50. The van der Waals surface area contributed by atoms with Crippen LogP contribution in [0.5, 0.6) is 0 Å². The maximum absolute atomic E-state index is 6.03. The van der Waals surface area contributed by atoms with Crippen LogP contribution in [-0.4, -0.2) is 25.3 Å². The third kappa shape index (κ3) is 5.31. The minimum Gasteiger partial charge on any atom is -0.377 e. The van der Waals surface area contributed by atoms with E-state index in [9.17, 15) is 0 Å². The molecule has 1 N–H and O–H groups in total. The molecule has 0 aromatic carbocycles. The van der Waals surface area contributed by atoms with Crippen LogP contribution in [0.1, 0.15) is 65.2 Å². The molecule has 1 fully saturated rings. The first-order chi connectivity index (χ1) is 7.88. The monoisotopic (exact) mass is 227 g/mol. The molecule has 1 aliphatic carbocycles. The van der Waals surface area contributed by atoms with Gasteiger partial charge in [-0.1, -0.05) is 46.0 Å². The topological polar surface area (TPSA) is 21.3 Å². The summed E-state index contributed by atoms with van der Waals surface area (Å²) in [5.74, 6) is 0. The van der Waals surface area contributed by atoms with Crippen molar-refractivity contribution in [2.45, 2.75) is 77.4 Å². The molecule has 0 radical (unpaired) electrons. The van der Waals surface area contributed by atoms with Crippen molar-refractivity contribution in [1.29, 1.82) is 0 Å². The SMILES string of the molecule is CCCCCCOC1CCCCC1NCC. The standard InChI is InChI=1S/C14H29NO/c1-3-5-6-9-12-16-14-11-8-7-10-13(14)15-4-2/h13-15H,3-12H2,1-2H3. The highest BCUT2D eigenvalue weighted by molar-refractivity contribution is 4.81. The van der Waals surface area contributed by atoms with Crippen LogP contribution in [0.25, 0.3) is 0 Å². The largest absolute Gasteiger partial charge is 0.377 e. The minimum absolute atomic E-state index is 0.482. The molecule has 2 heteroatoms. The van der Waals surface area contributed by atoms with Gasteiger partial charge in [0.15, 0.2) is 0 Å². The zero-order valence-corrected chi connectivity index (χ0v) is 11.1. The molecular formula is C14H29NO. The Labute approximate surface area is 101 Å². The zero-order valence-electron chi connectivity index (χ0n) is 11.1. The molecule has 0 heterocycles. The molecule has 0 saturated heterocycles. The van der Waals surface area contributed by atoms with Gasteiger partial charge in [-0.25, -0.2) is 0 Å². The molecule has 2 atom stereocenters. The van der Waals surface area contributed by atoms with Crippen LogP contribution in [-0.2, 0) is 4.74 Å². The van der Waals surface area contributed by atoms with Crippen LogP contribution < -0.4 is 5.32 Å². The average molecular weight is 227 g/mol. The molecule has 16 heavy (non-hydrogen) atoms. The molecule has 96 valence electrons. The summed E-state index contributed by atoms with van der Waals surface area (Å²) in [4.78, 5) is 0. The number of likely N-dealkylation sites (N-methyl/N-ethyl adjacent to an activating group) is 1. The fourth-order valence-electron chi connectivity index (χ4n) is 2.56. The normalized spacial score (nSPS) is 25.9. The molecule has 0 aromatic heterocycles. The third-order valence-electron chi connectivity index (χ3n) is 3.50. The summed E-state index contributed by atoms with van der Waals surface area (Å²) in [5, 5.41) is 3.56. The van der Waals surface area contributed by atoms with Gasteiger partial charge in [0, 0.05) is 12.6 Å². The van der Waals surface area contributed by atoms with E-state index >= 15 is 0 Å². The molecule has 2 nitrogen and oxygen atoms in total. The summed E-state index contributed by atoms with van der Waals surface area (Å²) >= 11 is 0. The molecule has 0 aromatic rings. The van der Waals surface area contributed by atoms with Gasteiger partial charge in [0.05, 0.1) is 6.10 Å². The summed E-state index contributed by atoms with van der Waals surface area (Å²) in [7, 11) is 0. The Morgan fingerprint density at radius 1 is 1.06 bits per heavy atom. The summed E-state index contributed by atoms with van der Waals surface area (Å²) in [6.45, 7) is 6.48. The molecule has 0 aliphatic heterocycles. The Hall–Kier alpha value is -0.0800. The number of rotatable bonds is 8. The van der Waals surface area contributed by atoms with Crippen molar-refractivity contribution in [2.24, 2.45) is 0 Å². The fraction of sp³-hybridized carbons (Fsp3) is 1.00. The van der Waals surface area contributed by atoms with Gasteiger partial charge >= 0.3 is 0 Å². The van der Waals surface area contributed by atoms with Crippen molar-refractivity contribution in [1.82, 2.24) is 5.32 Å². The van der Waals surface area contributed by atoms with Crippen molar-refractivity contribution in [3.8, 4) is 0 Å². The van der Waals surface area contributed by atoms with Crippen LogP contribution in [0.3, 0.4) is 0 Å². The number of nitrogens with one attached hydrogen (secondary N) is 1. The quantitative estimate of drug-likeness (QED) is 0.641. The molecule has 0 bridgehead atoms. The lowest BCUT2D eigenvalue weighted by Gasteiger charge is -2.32. The number of ether oxygens (including phenoxy) is 1. The molecule has 1 saturated carbocycles. The van der Waals surface area contributed by atoms with E-state index in [0.717, 1.165) is 13.2 Å². The molecule has 1 rings (SSSR count). The highest BCUT2D eigenvalue weighted by Gasteiger charge is 2.24. The maximum atomic E-state index is 6.03. The molecule has 1 aliphatic rings. The van der Waals surface area contributed by atoms with Gasteiger partial charge in [0.25, 0.3) is 0 Å². The van der Waals surface area contributed by atoms with E-state index in [0.29, 0.717) is 12.1 Å². The molecule has 0 amide bonds. The lowest BCUT2D eigenvalue weighted by Crippen LogP contribution is -2.43. The highest BCUT2D eigenvalue weighted by atomic mass is 16.5. The Morgan fingerprint density at radius 3 is 2.62 bits per heavy atom. The van der Waals surface area contributed by atoms with E-state index < -0.39 is 0 Å². The van der Waals surface area contributed by atoms with E-state index in [-0.39, 0.29) is 0 Å². The predicted octanol–water partition coefficient (Wildman–Crippen LogP) is 3.50. The second-order valence-corrected chi connectivity index (χ2v) is 4.92. The van der Waals surface area contributed by atoms with E-state index in [1.165, 1.54) is 51.4 Å². The lowest BCUT2D eigenvalue weighted by molar-refractivity contribution is 0.00386. The van der Waals surface area contributed by atoms with E-state index in [2.05, 4.69) is 19.2 Å². The minimum atomic E-state index is 0.482. The van der Waals surface area contributed by atoms with E-state index in [1.54, 1.807) is 0 Å². The summed E-state index contributed by atoms with van der Waals surface area (Å²) in [6, 6.07) is 0.616. The number of hydrogen-bond acceptors (Lipinski definition) is 2. The molecular weight excluding hydrogens is 198 g/mol. The van der Waals surface area contributed by atoms with Gasteiger partial charge in [0.1, 0.15) is 0 Å². The van der Waals surface area contributed by atoms with Crippen molar-refractivity contribution in [3.63, 3.8) is 0 Å². The first-order valence-corrected chi connectivity index (χ1v) is 7.23. The first kappa shape index (κ1) is 14.0. The van der Waals surface area contributed by atoms with Gasteiger partial charge in [-0.2, -0.15) is 0 Å². The number of hydrogen-bond donors (Lipinski definition) is 1. The van der Waals surface area contributed by atoms with Gasteiger partial charge in [-0.05, 0) is 25.8 Å². The number of unbranched alkanes of at least 4 members (excludes halogenated alkanes) is 3. The first-order valence-electron chi connectivity index (χ1n) is 7.23. The van der Waals surface area contributed by atoms with E-state index in [4.69, 9.17) is 4.74 Å². The van der Waals surface area contributed by atoms with Crippen LogP contribution >= 0.6 is 0 Å². The maximum Gasteiger partial charge on any atom is 0.0728 e.